The van der Waals surface area contributed by atoms with Crippen LogP contribution in [-0.2, 0) is 11.3 Å². The zero-order chi connectivity index (χ0) is 21.5. The SMILES string of the molecule is CC(Nc1c(C(N)=O)cnn2cc(-c3ccc(CNC(=O)C4CC4)cc3)cc12)C1CC1. The minimum Gasteiger partial charge on any atom is -0.380 e. The minimum absolute atomic E-state index is 0.152. The molecule has 2 fully saturated rings. The average Bonchev–Trinajstić information content (AvgIpc) is 3.68. The van der Waals surface area contributed by atoms with Gasteiger partial charge in [-0.1, -0.05) is 24.3 Å². The molecule has 2 aliphatic rings. The second-order valence-corrected chi connectivity index (χ2v) is 8.82. The number of nitrogens with zero attached hydrogens (tertiary/aromatic N) is 2. The summed E-state index contributed by atoms with van der Waals surface area (Å²) in [6.45, 7) is 2.69. The Kier molecular flexibility index (Phi) is 4.88. The minimum atomic E-state index is -0.485. The molecule has 0 aliphatic heterocycles. The highest BCUT2D eigenvalue weighted by atomic mass is 16.2. The van der Waals surface area contributed by atoms with Gasteiger partial charge < -0.3 is 16.4 Å². The Morgan fingerprint density at radius 2 is 1.90 bits per heavy atom. The van der Waals surface area contributed by atoms with Gasteiger partial charge in [0.05, 0.1) is 23.0 Å². The summed E-state index contributed by atoms with van der Waals surface area (Å²) in [5.74, 6) is 0.521. The van der Waals surface area contributed by atoms with E-state index in [1.54, 1.807) is 4.52 Å². The first-order valence-electron chi connectivity index (χ1n) is 10.9. The van der Waals surface area contributed by atoms with Gasteiger partial charge in [-0.2, -0.15) is 5.10 Å². The Morgan fingerprint density at radius 1 is 1.16 bits per heavy atom. The number of aromatic nitrogens is 2. The quantitative estimate of drug-likeness (QED) is 0.523. The lowest BCUT2D eigenvalue weighted by molar-refractivity contribution is -0.122. The summed E-state index contributed by atoms with van der Waals surface area (Å²) in [5.41, 5.74) is 10.7. The van der Waals surface area contributed by atoms with Crippen molar-refractivity contribution in [1.29, 1.82) is 0 Å². The molecule has 4 N–H and O–H groups in total. The molecule has 2 saturated carbocycles. The van der Waals surface area contributed by atoms with E-state index in [1.165, 1.54) is 19.0 Å². The zero-order valence-electron chi connectivity index (χ0n) is 17.6. The maximum Gasteiger partial charge on any atom is 0.252 e. The molecule has 2 heterocycles. The number of anilines is 1. The first-order chi connectivity index (χ1) is 15.0. The number of rotatable bonds is 8. The molecule has 1 aromatic carbocycles. The molecule has 0 bridgehead atoms. The third-order valence-electron chi connectivity index (χ3n) is 6.31. The third-order valence-corrected chi connectivity index (χ3v) is 6.31. The molecule has 2 aromatic heterocycles. The number of carbonyl (C=O) groups is 2. The molecular weight excluding hydrogens is 390 g/mol. The average molecular weight is 418 g/mol. The largest absolute Gasteiger partial charge is 0.380 e. The first-order valence-corrected chi connectivity index (χ1v) is 10.9. The number of fused-ring (bicyclic) bond motifs is 1. The smallest absolute Gasteiger partial charge is 0.252 e. The number of hydrogen-bond acceptors (Lipinski definition) is 4. The van der Waals surface area contributed by atoms with Crippen molar-refractivity contribution in [3.8, 4) is 11.1 Å². The molecule has 0 radical (unpaired) electrons. The van der Waals surface area contributed by atoms with Crippen molar-refractivity contribution in [2.45, 2.75) is 45.2 Å². The molecule has 160 valence electrons. The van der Waals surface area contributed by atoms with Gasteiger partial charge in [0.2, 0.25) is 5.91 Å². The van der Waals surface area contributed by atoms with Crippen LogP contribution in [0.15, 0.2) is 42.7 Å². The summed E-state index contributed by atoms with van der Waals surface area (Å²) >= 11 is 0. The van der Waals surface area contributed by atoms with Crippen molar-refractivity contribution in [2.75, 3.05) is 5.32 Å². The van der Waals surface area contributed by atoms with E-state index in [2.05, 4.69) is 22.7 Å². The van der Waals surface area contributed by atoms with Crippen LogP contribution < -0.4 is 16.4 Å². The topological polar surface area (TPSA) is 102 Å². The fourth-order valence-electron chi connectivity index (χ4n) is 3.99. The lowest BCUT2D eigenvalue weighted by Gasteiger charge is -2.17. The second kappa shape index (κ2) is 7.72. The summed E-state index contributed by atoms with van der Waals surface area (Å²) in [6, 6.07) is 10.5. The van der Waals surface area contributed by atoms with Gasteiger partial charge in [0, 0.05) is 30.3 Å². The number of hydrogen-bond donors (Lipinski definition) is 3. The van der Waals surface area contributed by atoms with Gasteiger partial charge in [-0.15, -0.1) is 0 Å². The Balaban J connectivity index is 1.40. The van der Waals surface area contributed by atoms with E-state index in [-0.39, 0.29) is 17.9 Å². The van der Waals surface area contributed by atoms with Crippen molar-refractivity contribution < 1.29 is 9.59 Å². The van der Waals surface area contributed by atoms with E-state index in [0.29, 0.717) is 18.0 Å². The molecule has 7 nitrogen and oxygen atoms in total. The van der Waals surface area contributed by atoms with Gasteiger partial charge in [0.15, 0.2) is 0 Å². The standard InChI is InChI=1S/C24H27N5O2/c1-14(16-6-7-16)28-22-20(23(25)30)12-27-29-13-19(10-21(22)29)17-4-2-15(3-5-17)11-26-24(31)18-8-9-18/h2-5,10,12-14,16,18,28H,6-9,11H2,1H3,(H2,25,30)(H,26,31). The summed E-state index contributed by atoms with van der Waals surface area (Å²) in [4.78, 5) is 23.8. The number of nitrogens with two attached hydrogens (primary N) is 1. The fraction of sp³-hybridized carbons (Fsp3) is 0.375. The van der Waals surface area contributed by atoms with Crippen LogP contribution in [0.1, 0.15) is 48.5 Å². The van der Waals surface area contributed by atoms with Crippen LogP contribution in [0.25, 0.3) is 16.6 Å². The number of amides is 2. The van der Waals surface area contributed by atoms with Gasteiger partial charge >= 0.3 is 0 Å². The maximum absolute atomic E-state index is 12.0. The maximum atomic E-state index is 12.0. The van der Waals surface area contributed by atoms with E-state index < -0.39 is 5.91 Å². The van der Waals surface area contributed by atoms with Crippen LogP contribution in [0.2, 0.25) is 0 Å². The van der Waals surface area contributed by atoms with Crippen molar-refractivity contribution >= 4 is 23.0 Å². The lowest BCUT2D eigenvalue weighted by Crippen LogP contribution is -2.24. The van der Waals surface area contributed by atoms with Crippen LogP contribution in [0.4, 0.5) is 5.69 Å². The summed E-state index contributed by atoms with van der Waals surface area (Å²) in [5, 5.41) is 10.9. The molecule has 7 heteroatoms. The van der Waals surface area contributed by atoms with Gasteiger partial charge in [0.25, 0.3) is 5.91 Å². The second-order valence-electron chi connectivity index (χ2n) is 8.82. The van der Waals surface area contributed by atoms with Crippen LogP contribution in [0.3, 0.4) is 0 Å². The van der Waals surface area contributed by atoms with Crippen LogP contribution in [0.5, 0.6) is 0 Å². The molecule has 2 amide bonds. The molecular formula is C24H27N5O2. The van der Waals surface area contributed by atoms with Crippen LogP contribution in [0, 0.1) is 11.8 Å². The van der Waals surface area contributed by atoms with E-state index in [1.807, 2.05) is 36.5 Å². The number of benzene rings is 1. The van der Waals surface area contributed by atoms with Gasteiger partial charge in [-0.25, -0.2) is 4.52 Å². The monoisotopic (exact) mass is 417 g/mol. The molecule has 31 heavy (non-hydrogen) atoms. The Morgan fingerprint density at radius 3 is 2.55 bits per heavy atom. The van der Waals surface area contributed by atoms with Gasteiger partial charge in [-0.05, 0) is 55.7 Å². The van der Waals surface area contributed by atoms with Crippen LogP contribution >= 0.6 is 0 Å². The van der Waals surface area contributed by atoms with Crippen molar-refractivity contribution in [3.05, 3.63) is 53.9 Å². The summed E-state index contributed by atoms with van der Waals surface area (Å²) < 4.78 is 1.79. The van der Waals surface area contributed by atoms with E-state index in [0.717, 1.165) is 40.7 Å². The molecule has 1 atom stereocenters. The Hall–Kier alpha value is -3.35. The van der Waals surface area contributed by atoms with E-state index >= 15 is 0 Å². The highest BCUT2D eigenvalue weighted by Crippen LogP contribution is 2.36. The molecule has 2 aliphatic carbocycles. The van der Waals surface area contributed by atoms with Crippen molar-refractivity contribution in [2.24, 2.45) is 17.6 Å². The normalized spacial score (nSPS) is 16.8. The molecule has 5 rings (SSSR count). The number of primary amides is 1. The predicted octanol–water partition coefficient (Wildman–Crippen LogP) is 3.34. The van der Waals surface area contributed by atoms with Crippen molar-refractivity contribution in [1.82, 2.24) is 14.9 Å². The highest BCUT2D eigenvalue weighted by Gasteiger charge is 2.30. The third kappa shape index (κ3) is 4.13. The molecule has 0 saturated heterocycles. The van der Waals surface area contributed by atoms with E-state index in [4.69, 9.17) is 5.73 Å². The molecule has 1 unspecified atom stereocenters. The van der Waals surface area contributed by atoms with Gasteiger partial charge in [-0.3, -0.25) is 9.59 Å². The Bertz CT molecular complexity index is 1140. The lowest BCUT2D eigenvalue weighted by atomic mass is 10.1. The Labute approximate surface area is 181 Å². The van der Waals surface area contributed by atoms with Gasteiger partial charge in [0.1, 0.15) is 0 Å². The predicted molar refractivity (Wildman–Crippen MR) is 120 cm³/mol. The summed E-state index contributed by atoms with van der Waals surface area (Å²) in [7, 11) is 0. The van der Waals surface area contributed by atoms with Crippen molar-refractivity contribution in [3.63, 3.8) is 0 Å². The fourth-order valence-corrected chi connectivity index (χ4v) is 3.99. The zero-order valence-corrected chi connectivity index (χ0v) is 17.6. The first kappa shape index (κ1) is 19.6. The number of nitrogens with one attached hydrogen (secondary N) is 2. The van der Waals surface area contributed by atoms with Crippen LogP contribution in [-0.4, -0.2) is 27.5 Å². The summed E-state index contributed by atoms with van der Waals surface area (Å²) in [6.07, 6.45) is 7.93. The van der Waals surface area contributed by atoms with E-state index in [9.17, 15) is 9.59 Å². The highest BCUT2D eigenvalue weighted by molar-refractivity contribution is 6.02. The molecule has 3 aromatic rings. The molecule has 0 spiro atoms. The number of carbonyl (C=O) groups excluding carboxylic acids is 2.